The molecule has 4 heteroatoms. The van der Waals surface area contributed by atoms with Crippen LogP contribution in [0.2, 0.25) is 0 Å². The normalized spacial score (nSPS) is 10.6. The third-order valence-corrected chi connectivity index (χ3v) is 5.29. The smallest absolute Gasteiger partial charge is 0.169 e. The molecule has 1 aromatic heterocycles. The number of ketones is 1. The van der Waals surface area contributed by atoms with E-state index in [1.807, 2.05) is 18.2 Å². The molecule has 2 aromatic rings. The summed E-state index contributed by atoms with van der Waals surface area (Å²) in [5.74, 6) is 0.185. The van der Waals surface area contributed by atoms with E-state index in [2.05, 4.69) is 57.6 Å². The van der Waals surface area contributed by atoms with Crippen LogP contribution in [-0.2, 0) is 12.8 Å². The summed E-state index contributed by atoms with van der Waals surface area (Å²) in [6.45, 7) is 2.13. The number of hydrogen-bond acceptors (Lipinski definition) is 2. The van der Waals surface area contributed by atoms with Gasteiger partial charge in [-0.1, -0.05) is 22.9 Å². The number of thiophene rings is 1. The maximum atomic E-state index is 12.3. The molecule has 2 rings (SSSR count). The molecule has 0 saturated heterocycles. The van der Waals surface area contributed by atoms with Crippen molar-refractivity contribution in [3.63, 3.8) is 0 Å². The Morgan fingerprint density at radius 3 is 2.67 bits per heavy atom. The second-order valence-corrected chi connectivity index (χ2v) is 7.28. The minimum Gasteiger partial charge on any atom is -0.294 e. The highest BCUT2D eigenvalue weighted by atomic mass is 127. The Labute approximate surface area is 133 Å². The van der Waals surface area contributed by atoms with E-state index in [9.17, 15) is 4.79 Å². The molecule has 0 radical (unpaired) electrons. The molecule has 0 saturated carbocycles. The van der Waals surface area contributed by atoms with Crippen molar-refractivity contribution in [2.24, 2.45) is 0 Å². The van der Waals surface area contributed by atoms with Crippen LogP contribution in [0.1, 0.15) is 27.0 Å². The van der Waals surface area contributed by atoms with Gasteiger partial charge in [0.2, 0.25) is 0 Å². The van der Waals surface area contributed by atoms with Crippen molar-refractivity contribution in [1.82, 2.24) is 0 Å². The van der Waals surface area contributed by atoms with E-state index in [1.165, 1.54) is 4.88 Å². The predicted molar refractivity (Wildman–Crippen MR) is 88.6 cm³/mol. The Kier molecular flexibility index (Phi) is 4.98. The molecule has 94 valence electrons. The third kappa shape index (κ3) is 3.42. The van der Waals surface area contributed by atoms with Crippen LogP contribution < -0.4 is 0 Å². The highest BCUT2D eigenvalue weighted by molar-refractivity contribution is 14.1. The van der Waals surface area contributed by atoms with E-state index in [1.54, 1.807) is 11.3 Å². The van der Waals surface area contributed by atoms with E-state index in [-0.39, 0.29) is 5.78 Å². The summed E-state index contributed by atoms with van der Waals surface area (Å²) in [6, 6.07) is 9.99. The van der Waals surface area contributed by atoms with Crippen LogP contribution in [0.5, 0.6) is 0 Å². The molecule has 1 heterocycles. The first-order chi connectivity index (χ1) is 8.60. The van der Waals surface area contributed by atoms with Gasteiger partial charge in [-0.15, -0.1) is 11.3 Å². The molecule has 0 spiro atoms. The van der Waals surface area contributed by atoms with Gasteiger partial charge < -0.3 is 0 Å². The maximum absolute atomic E-state index is 12.3. The average Bonchev–Trinajstić information content (AvgIpc) is 2.80. The van der Waals surface area contributed by atoms with E-state index < -0.39 is 0 Å². The molecule has 0 fully saturated rings. The van der Waals surface area contributed by atoms with Crippen molar-refractivity contribution in [2.45, 2.75) is 19.8 Å². The van der Waals surface area contributed by atoms with E-state index in [0.717, 1.165) is 24.9 Å². The summed E-state index contributed by atoms with van der Waals surface area (Å²) < 4.78 is 1.96. The van der Waals surface area contributed by atoms with Crippen molar-refractivity contribution >= 4 is 55.6 Å². The van der Waals surface area contributed by atoms with Gasteiger partial charge in [0.25, 0.3) is 0 Å². The van der Waals surface area contributed by atoms with Gasteiger partial charge in [-0.2, -0.15) is 0 Å². The molecule has 0 atom stereocenters. The largest absolute Gasteiger partial charge is 0.294 e. The second-order valence-electron chi connectivity index (χ2n) is 3.95. The Bertz CT molecular complexity index is 577. The molecule has 0 aliphatic heterocycles. The number of Topliss-reactive ketones (excluding diaryl/α,β-unsaturated/α-hetero) is 1. The summed E-state index contributed by atoms with van der Waals surface area (Å²) in [5, 5.41) is 0. The summed E-state index contributed by atoms with van der Waals surface area (Å²) in [7, 11) is 0. The molecular formula is C14H12BrIOS. The lowest BCUT2D eigenvalue weighted by Gasteiger charge is -2.03. The Morgan fingerprint density at radius 1 is 1.28 bits per heavy atom. The molecule has 1 aromatic carbocycles. The zero-order valence-electron chi connectivity index (χ0n) is 9.87. The highest BCUT2D eigenvalue weighted by Gasteiger charge is 2.12. The predicted octanol–water partition coefficient (Wildman–Crippen LogP) is 5.10. The molecule has 0 bridgehead atoms. The van der Waals surface area contributed by atoms with Crippen LogP contribution in [0.15, 0.2) is 34.8 Å². The van der Waals surface area contributed by atoms with Crippen LogP contribution in [0.25, 0.3) is 0 Å². The van der Waals surface area contributed by atoms with E-state index in [4.69, 9.17) is 0 Å². The van der Waals surface area contributed by atoms with Crippen LogP contribution >= 0.6 is 49.9 Å². The fourth-order valence-corrected chi connectivity index (χ4v) is 3.63. The van der Waals surface area contributed by atoms with Crippen LogP contribution in [0, 0.1) is 3.57 Å². The number of aryl methyl sites for hydroxylation is 1. The van der Waals surface area contributed by atoms with Crippen molar-refractivity contribution in [3.05, 3.63) is 53.7 Å². The number of carbonyl (C=O) groups is 1. The summed E-state index contributed by atoms with van der Waals surface area (Å²) >= 11 is 7.35. The first-order valence-corrected chi connectivity index (χ1v) is 8.35. The van der Waals surface area contributed by atoms with Gasteiger partial charge in [-0.3, -0.25) is 4.79 Å². The monoisotopic (exact) mass is 434 g/mol. The quantitative estimate of drug-likeness (QED) is 0.483. The summed E-state index contributed by atoms with van der Waals surface area (Å²) in [5.41, 5.74) is 0.802. The number of hydrogen-bond donors (Lipinski definition) is 0. The molecule has 18 heavy (non-hydrogen) atoms. The standard InChI is InChI=1S/C14H12BrIOS/c1-2-10-4-5-11(18-10)8-14(17)12-7-9(15)3-6-13(12)16/h3-7H,2,8H2,1H3. The lowest BCUT2D eigenvalue weighted by molar-refractivity contribution is 0.0993. The average molecular weight is 435 g/mol. The second kappa shape index (κ2) is 6.30. The van der Waals surface area contributed by atoms with Gasteiger partial charge in [0, 0.05) is 29.8 Å². The zero-order valence-corrected chi connectivity index (χ0v) is 14.4. The first-order valence-electron chi connectivity index (χ1n) is 5.66. The number of halogens is 2. The molecular weight excluding hydrogens is 423 g/mol. The lowest BCUT2D eigenvalue weighted by atomic mass is 10.1. The third-order valence-electron chi connectivity index (χ3n) is 2.63. The highest BCUT2D eigenvalue weighted by Crippen LogP contribution is 2.23. The van der Waals surface area contributed by atoms with Gasteiger partial charge in [-0.05, 0) is 59.3 Å². The number of carbonyl (C=O) groups excluding carboxylic acids is 1. The zero-order chi connectivity index (χ0) is 13.1. The van der Waals surface area contributed by atoms with Crippen molar-refractivity contribution in [2.75, 3.05) is 0 Å². The summed E-state index contributed by atoms with van der Waals surface area (Å²) in [4.78, 5) is 14.7. The fraction of sp³-hybridized carbons (Fsp3) is 0.214. The SMILES string of the molecule is CCc1ccc(CC(=O)c2cc(Br)ccc2I)s1. The van der Waals surface area contributed by atoms with Crippen LogP contribution in [0.3, 0.4) is 0 Å². The van der Waals surface area contributed by atoms with Crippen molar-refractivity contribution in [1.29, 1.82) is 0 Å². The molecule has 0 N–H and O–H groups in total. The van der Waals surface area contributed by atoms with Crippen LogP contribution in [0.4, 0.5) is 0 Å². The molecule has 0 amide bonds. The van der Waals surface area contributed by atoms with Gasteiger partial charge in [-0.25, -0.2) is 0 Å². The Hall–Kier alpha value is -0.200. The van der Waals surface area contributed by atoms with Crippen molar-refractivity contribution < 1.29 is 4.79 Å². The van der Waals surface area contributed by atoms with Gasteiger partial charge in [0.1, 0.15) is 0 Å². The molecule has 0 unspecified atom stereocenters. The molecule has 1 nitrogen and oxygen atoms in total. The first kappa shape index (κ1) is 14.2. The minimum absolute atomic E-state index is 0.185. The van der Waals surface area contributed by atoms with Crippen molar-refractivity contribution in [3.8, 4) is 0 Å². The topological polar surface area (TPSA) is 17.1 Å². The van der Waals surface area contributed by atoms with E-state index >= 15 is 0 Å². The molecule has 0 aliphatic rings. The fourth-order valence-electron chi connectivity index (χ4n) is 1.67. The van der Waals surface area contributed by atoms with Crippen LogP contribution in [-0.4, -0.2) is 5.78 Å². The lowest BCUT2D eigenvalue weighted by Crippen LogP contribution is -2.04. The van der Waals surface area contributed by atoms with Gasteiger partial charge in [0.05, 0.1) is 0 Å². The van der Waals surface area contributed by atoms with Gasteiger partial charge in [0.15, 0.2) is 5.78 Å². The number of benzene rings is 1. The summed E-state index contributed by atoms with van der Waals surface area (Å²) in [6.07, 6.45) is 1.53. The number of rotatable bonds is 4. The van der Waals surface area contributed by atoms with Gasteiger partial charge >= 0.3 is 0 Å². The van der Waals surface area contributed by atoms with E-state index in [0.29, 0.717) is 6.42 Å². The molecule has 0 aliphatic carbocycles. The Balaban J connectivity index is 2.19. The minimum atomic E-state index is 0.185. The Morgan fingerprint density at radius 2 is 2.00 bits per heavy atom. The maximum Gasteiger partial charge on any atom is 0.169 e.